The van der Waals surface area contributed by atoms with Gasteiger partial charge in [0.25, 0.3) is 0 Å². The maximum atomic E-state index is 11.4. The summed E-state index contributed by atoms with van der Waals surface area (Å²) in [5.74, 6) is -0.112. The number of carboxylic acid groups (broad SMARTS) is 1. The Hall–Kier alpha value is -1.31. The van der Waals surface area contributed by atoms with Crippen molar-refractivity contribution in [2.24, 2.45) is 0 Å². The van der Waals surface area contributed by atoms with Crippen molar-refractivity contribution in [2.45, 2.75) is 25.7 Å². The van der Waals surface area contributed by atoms with Crippen LogP contribution in [0.4, 0.5) is 0 Å². The summed E-state index contributed by atoms with van der Waals surface area (Å²) in [5, 5.41) is 11.2. The Morgan fingerprint density at radius 1 is 1.15 bits per heavy atom. The monoisotopic (exact) mass is 391 g/mol. The van der Waals surface area contributed by atoms with E-state index in [0.717, 1.165) is 9.32 Å². The molecule has 0 bridgehead atoms. The quantitative estimate of drug-likeness (QED) is 0.501. The van der Waals surface area contributed by atoms with Gasteiger partial charge in [0.15, 0.2) is 0 Å². The zero-order valence-corrected chi connectivity index (χ0v) is 13.3. The lowest BCUT2D eigenvalue weighted by Crippen LogP contribution is -2.27. The molecule has 0 aliphatic rings. The number of carboxylic acids is 1. The lowest BCUT2D eigenvalue weighted by molar-refractivity contribution is -0.137. The average molecular weight is 391 g/mol. The molecule has 1 aromatic rings. The first-order valence-corrected chi connectivity index (χ1v) is 7.52. The highest BCUT2D eigenvalue weighted by Gasteiger charge is 2.02. The van der Waals surface area contributed by atoms with E-state index in [0.29, 0.717) is 32.4 Å². The Labute approximate surface area is 131 Å². The van der Waals surface area contributed by atoms with Crippen molar-refractivity contribution in [3.05, 3.63) is 27.8 Å². The summed E-state index contributed by atoms with van der Waals surface area (Å²) >= 11 is 2.22. The van der Waals surface area contributed by atoms with Gasteiger partial charge in [-0.15, -0.1) is 0 Å². The molecule has 5 nitrogen and oxygen atoms in total. The molecular weight excluding hydrogens is 373 g/mol. The number of carbonyl (C=O) groups is 2. The first kappa shape index (κ1) is 16.7. The summed E-state index contributed by atoms with van der Waals surface area (Å²) in [6.07, 6.45) is 1.60. The van der Waals surface area contributed by atoms with Crippen molar-refractivity contribution < 1.29 is 19.4 Å². The predicted octanol–water partition coefficient (Wildman–Crippen LogP) is 2.43. The molecule has 1 aromatic carbocycles. The third-order valence-corrected chi connectivity index (χ3v) is 3.27. The van der Waals surface area contributed by atoms with E-state index in [4.69, 9.17) is 9.84 Å². The maximum absolute atomic E-state index is 11.4. The number of carbonyl (C=O) groups excluding carboxylic acids is 1. The standard InChI is InChI=1S/C14H18INO4/c15-11-5-7-12(8-6-11)20-10-9-16-13(17)3-1-2-4-14(18)19/h5-8H,1-4,9-10H2,(H,16,17)(H,18,19). The molecule has 0 spiro atoms. The summed E-state index contributed by atoms with van der Waals surface area (Å²) in [6, 6.07) is 7.68. The third kappa shape index (κ3) is 7.98. The van der Waals surface area contributed by atoms with Crippen LogP contribution in [0.25, 0.3) is 0 Å². The van der Waals surface area contributed by atoms with Gasteiger partial charge >= 0.3 is 5.97 Å². The molecule has 0 radical (unpaired) electrons. The molecule has 20 heavy (non-hydrogen) atoms. The molecule has 110 valence electrons. The number of amides is 1. The minimum Gasteiger partial charge on any atom is -0.492 e. The topological polar surface area (TPSA) is 75.6 Å². The number of aliphatic carboxylic acids is 1. The van der Waals surface area contributed by atoms with Crippen LogP contribution in [-0.4, -0.2) is 30.1 Å². The van der Waals surface area contributed by atoms with E-state index in [1.54, 1.807) is 0 Å². The number of nitrogens with one attached hydrogen (secondary N) is 1. The summed E-state index contributed by atoms with van der Waals surface area (Å²) in [5.41, 5.74) is 0. The molecule has 6 heteroatoms. The van der Waals surface area contributed by atoms with Gasteiger partial charge in [0.1, 0.15) is 12.4 Å². The average Bonchev–Trinajstić information content (AvgIpc) is 2.41. The van der Waals surface area contributed by atoms with Crippen LogP contribution in [0.3, 0.4) is 0 Å². The van der Waals surface area contributed by atoms with Crippen molar-refractivity contribution in [1.29, 1.82) is 0 Å². The first-order chi connectivity index (χ1) is 9.58. The van der Waals surface area contributed by atoms with Crippen molar-refractivity contribution in [2.75, 3.05) is 13.2 Å². The fourth-order valence-corrected chi connectivity index (χ4v) is 1.90. The highest BCUT2D eigenvalue weighted by Crippen LogP contribution is 2.12. The summed E-state index contributed by atoms with van der Waals surface area (Å²) in [6.45, 7) is 0.866. The Kier molecular flexibility index (Phi) is 8.01. The number of hydrogen-bond acceptors (Lipinski definition) is 3. The van der Waals surface area contributed by atoms with E-state index >= 15 is 0 Å². The van der Waals surface area contributed by atoms with Crippen LogP contribution in [0.15, 0.2) is 24.3 Å². The molecule has 0 saturated heterocycles. The van der Waals surface area contributed by atoms with Crippen LogP contribution >= 0.6 is 22.6 Å². The molecule has 0 heterocycles. The van der Waals surface area contributed by atoms with Gasteiger partial charge in [-0.1, -0.05) is 0 Å². The fraction of sp³-hybridized carbons (Fsp3) is 0.429. The molecule has 0 unspecified atom stereocenters. The van der Waals surface area contributed by atoms with Gasteiger partial charge in [-0.2, -0.15) is 0 Å². The van der Waals surface area contributed by atoms with Crippen LogP contribution < -0.4 is 10.1 Å². The Bertz CT molecular complexity index is 433. The minimum absolute atomic E-state index is 0.0680. The van der Waals surface area contributed by atoms with E-state index in [1.165, 1.54) is 0 Å². The van der Waals surface area contributed by atoms with Crippen LogP contribution in [0.1, 0.15) is 25.7 Å². The van der Waals surface area contributed by atoms with Crippen molar-refractivity contribution in [1.82, 2.24) is 5.32 Å². The molecule has 0 aliphatic heterocycles. The predicted molar refractivity (Wildman–Crippen MR) is 83.8 cm³/mol. The number of ether oxygens (including phenoxy) is 1. The number of hydrogen-bond donors (Lipinski definition) is 2. The lowest BCUT2D eigenvalue weighted by Gasteiger charge is -2.07. The van der Waals surface area contributed by atoms with E-state index in [-0.39, 0.29) is 12.3 Å². The first-order valence-electron chi connectivity index (χ1n) is 6.45. The third-order valence-electron chi connectivity index (χ3n) is 2.55. The van der Waals surface area contributed by atoms with E-state index in [2.05, 4.69) is 27.9 Å². The highest BCUT2D eigenvalue weighted by atomic mass is 127. The Morgan fingerprint density at radius 2 is 1.80 bits per heavy atom. The largest absolute Gasteiger partial charge is 0.492 e. The van der Waals surface area contributed by atoms with E-state index < -0.39 is 5.97 Å². The normalized spacial score (nSPS) is 10.1. The number of benzene rings is 1. The smallest absolute Gasteiger partial charge is 0.303 e. The molecule has 0 atom stereocenters. The second kappa shape index (κ2) is 9.57. The van der Waals surface area contributed by atoms with Gasteiger partial charge < -0.3 is 15.2 Å². The van der Waals surface area contributed by atoms with Crippen molar-refractivity contribution in [3.8, 4) is 5.75 Å². The molecule has 0 aliphatic carbocycles. The minimum atomic E-state index is -0.823. The summed E-state index contributed by atoms with van der Waals surface area (Å²) in [7, 11) is 0. The van der Waals surface area contributed by atoms with Gasteiger partial charge in [0.2, 0.25) is 5.91 Å². The molecule has 0 saturated carbocycles. The molecule has 0 fully saturated rings. The molecule has 1 amide bonds. The number of unbranched alkanes of at least 4 members (excludes halogenated alkanes) is 1. The van der Waals surface area contributed by atoms with E-state index in [1.807, 2.05) is 24.3 Å². The molecule has 2 N–H and O–H groups in total. The second-order valence-electron chi connectivity index (χ2n) is 4.25. The van der Waals surface area contributed by atoms with Gasteiger partial charge in [0, 0.05) is 16.4 Å². The summed E-state index contributed by atoms with van der Waals surface area (Å²) < 4.78 is 6.62. The molecule has 1 rings (SSSR count). The van der Waals surface area contributed by atoms with Crippen LogP contribution in [0.5, 0.6) is 5.75 Å². The SMILES string of the molecule is O=C(O)CCCCC(=O)NCCOc1ccc(I)cc1. The van der Waals surface area contributed by atoms with Gasteiger partial charge in [-0.25, -0.2) is 0 Å². The number of halogens is 1. The Morgan fingerprint density at radius 3 is 2.45 bits per heavy atom. The van der Waals surface area contributed by atoms with Gasteiger partial charge in [-0.05, 0) is 59.7 Å². The lowest BCUT2D eigenvalue weighted by atomic mass is 10.2. The summed E-state index contributed by atoms with van der Waals surface area (Å²) in [4.78, 5) is 21.7. The fourth-order valence-electron chi connectivity index (χ4n) is 1.54. The Balaban J connectivity index is 2.04. The zero-order valence-electron chi connectivity index (χ0n) is 11.1. The molecule has 0 aromatic heterocycles. The maximum Gasteiger partial charge on any atom is 0.303 e. The van der Waals surface area contributed by atoms with E-state index in [9.17, 15) is 9.59 Å². The highest BCUT2D eigenvalue weighted by molar-refractivity contribution is 14.1. The number of rotatable bonds is 9. The van der Waals surface area contributed by atoms with Crippen molar-refractivity contribution in [3.63, 3.8) is 0 Å². The van der Waals surface area contributed by atoms with Gasteiger partial charge in [-0.3, -0.25) is 9.59 Å². The van der Waals surface area contributed by atoms with Gasteiger partial charge in [0.05, 0.1) is 6.54 Å². The van der Waals surface area contributed by atoms with Crippen LogP contribution in [-0.2, 0) is 9.59 Å². The second-order valence-corrected chi connectivity index (χ2v) is 5.50. The van der Waals surface area contributed by atoms with Crippen LogP contribution in [0.2, 0.25) is 0 Å². The zero-order chi connectivity index (χ0) is 14.8. The van der Waals surface area contributed by atoms with Crippen LogP contribution in [0, 0.1) is 3.57 Å². The van der Waals surface area contributed by atoms with Crippen molar-refractivity contribution >= 4 is 34.5 Å². The molecular formula is C14H18INO4.